The molecule has 0 atom stereocenters. The van der Waals surface area contributed by atoms with Crippen LogP contribution in [0.2, 0.25) is 0 Å². The molecule has 2 aliphatic rings. The highest BCUT2D eigenvalue weighted by Gasteiger charge is 2.37. The average molecular weight is 503 g/mol. The third kappa shape index (κ3) is 5.60. The number of sulfonamides is 1. The molecular weight excluding hydrogens is 468 g/mol. The molecule has 1 amide bonds. The lowest BCUT2D eigenvalue weighted by Gasteiger charge is -2.38. The van der Waals surface area contributed by atoms with Gasteiger partial charge in [0.05, 0.1) is 7.11 Å². The zero-order chi connectivity index (χ0) is 25.0. The topological polar surface area (TPSA) is 96.2 Å². The van der Waals surface area contributed by atoms with E-state index in [9.17, 15) is 13.2 Å². The number of benzene rings is 1. The molecule has 2 fully saturated rings. The Labute approximate surface area is 207 Å². The number of carbonyl (C=O) groups excluding carboxylic acids is 1. The van der Waals surface area contributed by atoms with Gasteiger partial charge in [0.15, 0.2) is 10.7 Å². The van der Waals surface area contributed by atoms with Gasteiger partial charge in [-0.25, -0.2) is 8.42 Å². The van der Waals surface area contributed by atoms with E-state index in [4.69, 9.17) is 9.26 Å². The fourth-order valence-corrected chi connectivity index (χ4v) is 6.42. The van der Waals surface area contributed by atoms with Crippen molar-refractivity contribution in [1.29, 1.82) is 0 Å². The molecule has 3 heterocycles. The van der Waals surface area contributed by atoms with E-state index in [0.717, 1.165) is 44.0 Å². The number of ether oxygens (including phenoxy) is 1. The number of methoxy groups -OCH3 is 1. The summed E-state index contributed by atoms with van der Waals surface area (Å²) in [4.78, 5) is 17.4. The summed E-state index contributed by atoms with van der Waals surface area (Å²) in [6.45, 7) is 8.66. The number of aryl methyl sites for hydroxylation is 1. The molecule has 0 N–H and O–H groups in total. The summed E-state index contributed by atoms with van der Waals surface area (Å²) in [5.41, 5.74) is 1.20. The molecule has 10 heteroatoms. The first-order valence-electron chi connectivity index (χ1n) is 12.1. The predicted molar refractivity (Wildman–Crippen MR) is 133 cm³/mol. The highest BCUT2D eigenvalue weighted by Crippen LogP contribution is 2.30. The SMILES string of the molecule is CCN1CCN(C(=O)C2CCN(S(=O)(=O)c3c(C)noc3C=Cc3ccc(OC)cc3)CC2)CC1. The van der Waals surface area contributed by atoms with E-state index in [2.05, 4.69) is 17.0 Å². The minimum Gasteiger partial charge on any atom is -0.497 e. The molecule has 2 aliphatic heterocycles. The van der Waals surface area contributed by atoms with E-state index in [1.807, 2.05) is 29.2 Å². The molecule has 2 saturated heterocycles. The fourth-order valence-electron chi connectivity index (χ4n) is 4.70. The maximum Gasteiger partial charge on any atom is 0.248 e. The van der Waals surface area contributed by atoms with Crippen LogP contribution in [0.1, 0.15) is 36.8 Å². The summed E-state index contributed by atoms with van der Waals surface area (Å²) in [6, 6.07) is 7.41. The van der Waals surface area contributed by atoms with Gasteiger partial charge in [0.25, 0.3) is 0 Å². The summed E-state index contributed by atoms with van der Waals surface area (Å²) < 4.78 is 39.0. The molecule has 0 spiro atoms. The molecule has 2 aromatic rings. The first kappa shape index (κ1) is 25.4. The molecule has 0 aliphatic carbocycles. The van der Waals surface area contributed by atoms with Gasteiger partial charge in [0.2, 0.25) is 15.9 Å². The summed E-state index contributed by atoms with van der Waals surface area (Å²) in [6.07, 6.45) is 4.45. The number of amides is 1. The van der Waals surface area contributed by atoms with Crippen molar-refractivity contribution in [2.75, 3.05) is 52.9 Å². The monoisotopic (exact) mass is 502 g/mol. The Morgan fingerprint density at radius 2 is 1.74 bits per heavy atom. The molecule has 1 aromatic carbocycles. The van der Waals surface area contributed by atoms with Crippen LogP contribution in [0.3, 0.4) is 0 Å². The van der Waals surface area contributed by atoms with Gasteiger partial charge in [0.1, 0.15) is 11.4 Å². The third-order valence-electron chi connectivity index (χ3n) is 6.91. The van der Waals surface area contributed by atoms with Crippen LogP contribution in [-0.2, 0) is 14.8 Å². The standard InChI is InChI=1S/C25H34N4O5S/c1-4-27-15-17-28(18-16-27)25(30)21-11-13-29(14-12-21)35(31,32)24-19(2)26-34-23(24)10-7-20-5-8-22(33-3)9-6-20/h5-10,21H,4,11-18H2,1-3H3. The molecule has 9 nitrogen and oxygen atoms in total. The number of nitrogens with zero attached hydrogens (tertiary/aromatic N) is 4. The number of rotatable bonds is 7. The molecule has 0 saturated carbocycles. The number of carbonyl (C=O) groups is 1. The van der Waals surface area contributed by atoms with Crippen molar-refractivity contribution in [3.05, 3.63) is 41.3 Å². The highest BCUT2D eigenvalue weighted by atomic mass is 32.2. The number of aromatic nitrogens is 1. The van der Waals surface area contributed by atoms with Crippen molar-refractivity contribution < 1.29 is 22.5 Å². The summed E-state index contributed by atoms with van der Waals surface area (Å²) in [5.74, 6) is 0.964. The Kier molecular flexibility index (Phi) is 7.93. The van der Waals surface area contributed by atoms with E-state index in [-0.39, 0.29) is 22.5 Å². The Morgan fingerprint density at radius 1 is 1.09 bits per heavy atom. The minimum atomic E-state index is -3.81. The minimum absolute atomic E-state index is 0.0859. The van der Waals surface area contributed by atoms with E-state index < -0.39 is 10.0 Å². The van der Waals surface area contributed by atoms with Crippen LogP contribution in [0, 0.1) is 12.8 Å². The van der Waals surface area contributed by atoms with Crippen LogP contribution >= 0.6 is 0 Å². The Bertz CT molecular complexity index is 1140. The molecule has 0 radical (unpaired) electrons. The zero-order valence-corrected chi connectivity index (χ0v) is 21.5. The largest absolute Gasteiger partial charge is 0.497 e. The number of hydrogen-bond acceptors (Lipinski definition) is 7. The lowest BCUT2D eigenvalue weighted by molar-refractivity contribution is -0.138. The van der Waals surface area contributed by atoms with Crippen molar-refractivity contribution in [2.45, 2.75) is 31.6 Å². The second-order valence-corrected chi connectivity index (χ2v) is 10.9. The van der Waals surface area contributed by atoms with Crippen molar-refractivity contribution in [3.63, 3.8) is 0 Å². The van der Waals surface area contributed by atoms with Crippen LogP contribution in [0.15, 0.2) is 33.7 Å². The lowest BCUT2D eigenvalue weighted by Crippen LogP contribution is -2.51. The van der Waals surface area contributed by atoms with Crippen LogP contribution in [-0.4, -0.2) is 86.5 Å². The first-order chi connectivity index (χ1) is 16.8. The number of piperazine rings is 1. The maximum absolute atomic E-state index is 13.5. The van der Waals surface area contributed by atoms with Crippen LogP contribution < -0.4 is 4.74 Å². The van der Waals surface area contributed by atoms with Gasteiger partial charge in [-0.3, -0.25) is 4.79 Å². The van der Waals surface area contributed by atoms with Gasteiger partial charge in [-0.05, 0) is 50.1 Å². The van der Waals surface area contributed by atoms with Gasteiger partial charge in [-0.2, -0.15) is 4.31 Å². The molecule has 1 aromatic heterocycles. The second kappa shape index (κ2) is 10.9. The zero-order valence-electron chi connectivity index (χ0n) is 20.6. The summed E-state index contributed by atoms with van der Waals surface area (Å²) in [7, 11) is -2.20. The Hall–Kier alpha value is -2.69. The lowest BCUT2D eigenvalue weighted by atomic mass is 9.96. The van der Waals surface area contributed by atoms with E-state index >= 15 is 0 Å². The van der Waals surface area contributed by atoms with Gasteiger partial charge in [-0.15, -0.1) is 0 Å². The Morgan fingerprint density at radius 3 is 2.34 bits per heavy atom. The maximum atomic E-state index is 13.5. The van der Waals surface area contributed by atoms with E-state index in [1.54, 1.807) is 26.2 Å². The second-order valence-electron chi connectivity index (χ2n) is 9.01. The third-order valence-corrected chi connectivity index (χ3v) is 8.97. The molecular formula is C25H34N4O5S. The molecule has 190 valence electrons. The molecule has 4 rings (SSSR count). The van der Waals surface area contributed by atoms with Crippen LogP contribution in [0.5, 0.6) is 5.75 Å². The first-order valence-corrected chi connectivity index (χ1v) is 13.6. The predicted octanol–water partition coefficient (Wildman–Crippen LogP) is 2.73. The van der Waals surface area contributed by atoms with Gasteiger partial charge in [-0.1, -0.05) is 30.3 Å². The molecule has 35 heavy (non-hydrogen) atoms. The number of likely N-dealkylation sites (N-methyl/N-ethyl adjacent to an activating group) is 1. The Balaban J connectivity index is 1.42. The quantitative estimate of drug-likeness (QED) is 0.574. The molecule has 0 bridgehead atoms. The van der Waals surface area contributed by atoms with Gasteiger partial charge in [0, 0.05) is 45.2 Å². The number of piperidine rings is 1. The summed E-state index contributed by atoms with van der Waals surface area (Å²) >= 11 is 0. The van der Waals surface area contributed by atoms with Crippen molar-refractivity contribution in [3.8, 4) is 5.75 Å². The van der Waals surface area contributed by atoms with Crippen molar-refractivity contribution in [1.82, 2.24) is 19.3 Å². The van der Waals surface area contributed by atoms with Crippen molar-refractivity contribution >= 4 is 28.1 Å². The average Bonchev–Trinajstić information content (AvgIpc) is 3.28. The summed E-state index contributed by atoms with van der Waals surface area (Å²) in [5, 5.41) is 3.92. The van der Waals surface area contributed by atoms with Crippen LogP contribution in [0.25, 0.3) is 12.2 Å². The van der Waals surface area contributed by atoms with Crippen LogP contribution in [0.4, 0.5) is 0 Å². The highest BCUT2D eigenvalue weighted by molar-refractivity contribution is 7.89. The number of hydrogen-bond donors (Lipinski definition) is 0. The smallest absolute Gasteiger partial charge is 0.248 e. The van der Waals surface area contributed by atoms with E-state index in [1.165, 1.54) is 4.31 Å². The fraction of sp³-hybridized carbons (Fsp3) is 0.520. The molecule has 0 unspecified atom stereocenters. The van der Waals surface area contributed by atoms with E-state index in [0.29, 0.717) is 31.6 Å². The normalized spacial score (nSPS) is 18.9. The van der Waals surface area contributed by atoms with Crippen molar-refractivity contribution in [2.24, 2.45) is 5.92 Å². The van der Waals surface area contributed by atoms with Gasteiger partial charge >= 0.3 is 0 Å². The van der Waals surface area contributed by atoms with Gasteiger partial charge < -0.3 is 19.1 Å².